The molecule has 4 aromatic rings. The Balaban J connectivity index is 1.89. The van der Waals surface area contributed by atoms with Crippen molar-refractivity contribution < 1.29 is 4.74 Å². The van der Waals surface area contributed by atoms with Gasteiger partial charge in [-0.2, -0.15) is 0 Å². The van der Waals surface area contributed by atoms with Crippen LogP contribution in [0.1, 0.15) is 0 Å². The average Bonchev–Trinajstić information content (AvgIpc) is 2.68. The Kier molecular flexibility index (Phi) is 3.88. The lowest BCUT2D eigenvalue weighted by Gasteiger charge is -2.11. The molecule has 0 radical (unpaired) electrons. The van der Waals surface area contributed by atoms with E-state index in [1.54, 1.807) is 31.9 Å². The Morgan fingerprint density at radius 1 is 0.880 bits per heavy atom. The third kappa shape index (κ3) is 2.94. The molecule has 0 fully saturated rings. The highest BCUT2D eigenvalue weighted by atomic mass is 16.5. The van der Waals surface area contributed by atoms with Gasteiger partial charge in [0.1, 0.15) is 5.75 Å². The summed E-state index contributed by atoms with van der Waals surface area (Å²) in [5.74, 6) is 1.79. The van der Waals surface area contributed by atoms with Gasteiger partial charge in [0.05, 0.1) is 12.7 Å². The Hall–Kier alpha value is -3.61. The van der Waals surface area contributed by atoms with Crippen LogP contribution in [0.25, 0.3) is 22.6 Å². The fraction of sp³-hybridized carbons (Fsp3) is 0.0556. The molecule has 1 aromatic carbocycles. The van der Waals surface area contributed by atoms with Crippen LogP contribution in [0, 0.1) is 0 Å². The molecule has 4 rings (SSSR count). The topological polar surface area (TPSA) is 85.7 Å². The Morgan fingerprint density at radius 2 is 1.68 bits per heavy atom. The maximum atomic E-state index is 5.43. The van der Waals surface area contributed by atoms with Crippen molar-refractivity contribution in [2.45, 2.75) is 0 Å². The number of hydrogen-bond donors (Lipinski definition) is 1. The van der Waals surface area contributed by atoms with E-state index in [1.165, 1.54) is 0 Å². The first-order chi connectivity index (χ1) is 12.3. The molecule has 7 nitrogen and oxygen atoms in total. The molecule has 0 aliphatic carbocycles. The van der Waals surface area contributed by atoms with Crippen molar-refractivity contribution in [1.82, 2.24) is 24.9 Å². The number of benzene rings is 1. The van der Waals surface area contributed by atoms with Crippen LogP contribution in [0.3, 0.4) is 0 Å². The fourth-order valence-corrected chi connectivity index (χ4v) is 2.47. The smallest absolute Gasteiger partial charge is 0.184 e. The molecule has 1 N–H and O–H groups in total. The number of para-hydroxylation sites is 1. The number of aromatic nitrogens is 5. The van der Waals surface area contributed by atoms with Crippen LogP contribution in [0.2, 0.25) is 0 Å². The number of fused-ring (bicyclic) bond motifs is 1. The van der Waals surface area contributed by atoms with E-state index in [1.807, 2.05) is 36.4 Å². The second kappa shape index (κ2) is 6.48. The molecule has 122 valence electrons. The predicted molar refractivity (Wildman–Crippen MR) is 94.6 cm³/mol. The third-order valence-corrected chi connectivity index (χ3v) is 3.62. The van der Waals surface area contributed by atoms with Crippen LogP contribution in [0.5, 0.6) is 5.75 Å². The fourth-order valence-electron chi connectivity index (χ4n) is 2.47. The van der Waals surface area contributed by atoms with E-state index in [4.69, 9.17) is 4.74 Å². The Labute approximate surface area is 143 Å². The number of nitrogens with one attached hydrogen (secondary N) is 1. The summed E-state index contributed by atoms with van der Waals surface area (Å²) in [7, 11) is 1.62. The second-order valence-corrected chi connectivity index (χ2v) is 5.19. The molecule has 0 aliphatic heterocycles. The zero-order valence-corrected chi connectivity index (χ0v) is 13.4. The summed E-state index contributed by atoms with van der Waals surface area (Å²) in [6, 6.07) is 11.3. The highest BCUT2D eigenvalue weighted by Crippen LogP contribution is 2.30. The molecule has 0 spiro atoms. The van der Waals surface area contributed by atoms with Gasteiger partial charge in [0.15, 0.2) is 22.8 Å². The van der Waals surface area contributed by atoms with Gasteiger partial charge < -0.3 is 10.1 Å². The van der Waals surface area contributed by atoms with E-state index in [9.17, 15) is 0 Å². The average molecular weight is 330 g/mol. The molecule has 0 atom stereocenters. The van der Waals surface area contributed by atoms with Crippen molar-refractivity contribution in [3.05, 3.63) is 61.2 Å². The SMILES string of the molecule is COc1ccccc1-c1nc(Nc2ccncc2)c2nccnc2n1. The molecule has 0 amide bonds. The molecular weight excluding hydrogens is 316 g/mol. The quantitative estimate of drug-likeness (QED) is 0.615. The van der Waals surface area contributed by atoms with Crippen molar-refractivity contribution in [3.63, 3.8) is 0 Å². The van der Waals surface area contributed by atoms with Gasteiger partial charge in [0, 0.05) is 30.5 Å². The van der Waals surface area contributed by atoms with Crippen LogP contribution >= 0.6 is 0 Å². The van der Waals surface area contributed by atoms with Gasteiger partial charge in [0.25, 0.3) is 0 Å². The van der Waals surface area contributed by atoms with E-state index < -0.39 is 0 Å². The summed E-state index contributed by atoms with van der Waals surface area (Å²) >= 11 is 0. The van der Waals surface area contributed by atoms with E-state index in [0.717, 1.165) is 11.3 Å². The van der Waals surface area contributed by atoms with E-state index in [-0.39, 0.29) is 0 Å². The number of rotatable bonds is 4. The second-order valence-electron chi connectivity index (χ2n) is 5.19. The number of nitrogens with zero attached hydrogens (tertiary/aromatic N) is 5. The number of pyridine rings is 1. The zero-order chi connectivity index (χ0) is 17.1. The van der Waals surface area contributed by atoms with E-state index in [0.29, 0.717) is 28.6 Å². The van der Waals surface area contributed by atoms with E-state index in [2.05, 4.69) is 30.2 Å². The summed E-state index contributed by atoms with van der Waals surface area (Å²) in [5.41, 5.74) is 2.75. The lowest BCUT2D eigenvalue weighted by molar-refractivity contribution is 0.416. The van der Waals surface area contributed by atoms with Gasteiger partial charge in [-0.3, -0.25) is 4.98 Å². The molecule has 7 heteroatoms. The molecule has 0 aliphatic rings. The number of hydrogen-bond acceptors (Lipinski definition) is 7. The van der Waals surface area contributed by atoms with Crippen LogP contribution < -0.4 is 10.1 Å². The summed E-state index contributed by atoms with van der Waals surface area (Å²) in [6.45, 7) is 0. The zero-order valence-electron chi connectivity index (χ0n) is 13.4. The van der Waals surface area contributed by atoms with Crippen LogP contribution in [-0.4, -0.2) is 32.0 Å². The maximum absolute atomic E-state index is 5.43. The number of ether oxygens (including phenoxy) is 1. The molecule has 0 saturated heterocycles. The molecule has 0 bridgehead atoms. The molecule has 3 aromatic heterocycles. The van der Waals surface area contributed by atoms with Crippen LogP contribution in [-0.2, 0) is 0 Å². The van der Waals surface area contributed by atoms with Crippen molar-refractivity contribution in [3.8, 4) is 17.1 Å². The molecule has 3 heterocycles. The Bertz CT molecular complexity index is 1020. The van der Waals surface area contributed by atoms with Crippen molar-refractivity contribution in [2.24, 2.45) is 0 Å². The standard InChI is InChI=1S/C18H14N6O/c1-25-14-5-3-2-4-13(14)16-23-17-15(20-10-11-21-17)18(24-16)22-12-6-8-19-9-7-12/h2-11H,1H3,(H,19,21,22,23,24). The predicted octanol–water partition coefficient (Wildman–Crippen LogP) is 3.23. The van der Waals surface area contributed by atoms with Crippen molar-refractivity contribution in [1.29, 1.82) is 0 Å². The monoisotopic (exact) mass is 330 g/mol. The molecule has 0 unspecified atom stereocenters. The van der Waals surface area contributed by atoms with Crippen LogP contribution in [0.4, 0.5) is 11.5 Å². The largest absolute Gasteiger partial charge is 0.496 e. The third-order valence-electron chi connectivity index (χ3n) is 3.62. The summed E-state index contributed by atoms with van der Waals surface area (Å²) in [4.78, 5) is 21.9. The van der Waals surface area contributed by atoms with Crippen molar-refractivity contribution >= 4 is 22.7 Å². The minimum Gasteiger partial charge on any atom is -0.496 e. The first-order valence-electron chi connectivity index (χ1n) is 7.64. The summed E-state index contributed by atoms with van der Waals surface area (Å²) in [6.07, 6.45) is 6.64. The minimum absolute atomic E-state index is 0.509. The minimum atomic E-state index is 0.509. The first-order valence-corrected chi connectivity index (χ1v) is 7.64. The van der Waals surface area contributed by atoms with Crippen molar-refractivity contribution in [2.75, 3.05) is 12.4 Å². The van der Waals surface area contributed by atoms with Gasteiger partial charge in [-0.05, 0) is 24.3 Å². The normalized spacial score (nSPS) is 10.6. The molecule has 25 heavy (non-hydrogen) atoms. The van der Waals surface area contributed by atoms with E-state index >= 15 is 0 Å². The lowest BCUT2D eigenvalue weighted by atomic mass is 10.2. The van der Waals surface area contributed by atoms with Gasteiger partial charge in [-0.1, -0.05) is 12.1 Å². The highest BCUT2D eigenvalue weighted by molar-refractivity contribution is 5.86. The number of methoxy groups -OCH3 is 1. The van der Waals surface area contributed by atoms with Gasteiger partial charge >= 0.3 is 0 Å². The van der Waals surface area contributed by atoms with Gasteiger partial charge in [0.2, 0.25) is 0 Å². The van der Waals surface area contributed by atoms with Gasteiger partial charge in [-0.15, -0.1) is 0 Å². The Morgan fingerprint density at radius 3 is 2.52 bits per heavy atom. The lowest BCUT2D eigenvalue weighted by Crippen LogP contribution is -2.02. The molecule has 0 saturated carbocycles. The first kappa shape index (κ1) is 14.9. The van der Waals surface area contributed by atoms with Crippen LogP contribution in [0.15, 0.2) is 61.2 Å². The number of anilines is 2. The summed E-state index contributed by atoms with van der Waals surface area (Å²) < 4.78 is 5.43. The molecular formula is C18H14N6O. The maximum Gasteiger partial charge on any atom is 0.184 e. The summed E-state index contributed by atoms with van der Waals surface area (Å²) in [5, 5.41) is 3.26. The highest BCUT2D eigenvalue weighted by Gasteiger charge is 2.14. The van der Waals surface area contributed by atoms with Gasteiger partial charge in [-0.25, -0.2) is 19.9 Å².